The predicted molar refractivity (Wildman–Crippen MR) is 73.5 cm³/mol. The van der Waals surface area contributed by atoms with Crippen molar-refractivity contribution in [2.75, 3.05) is 29.0 Å². The number of sulfonamides is 1. The van der Waals surface area contributed by atoms with E-state index in [0.717, 1.165) is 30.7 Å². The number of pyridine rings is 1. The van der Waals surface area contributed by atoms with Crippen molar-refractivity contribution in [2.24, 2.45) is 0 Å². The van der Waals surface area contributed by atoms with Crippen LogP contribution in [0.1, 0.15) is 24.8 Å². The van der Waals surface area contributed by atoms with Crippen LogP contribution in [0.5, 0.6) is 0 Å². The Morgan fingerprint density at radius 2 is 1.94 bits per heavy atom. The minimum atomic E-state index is -3.24. The second-order valence-electron chi connectivity index (χ2n) is 4.79. The van der Waals surface area contributed by atoms with Crippen LogP contribution in [-0.4, -0.2) is 32.7 Å². The van der Waals surface area contributed by atoms with Gasteiger partial charge in [0.15, 0.2) is 0 Å². The molecular weight excluding hydrogens is 250 g/mol. The summed E-state index contributed by atoms with van der Waals surface area (Å²) in [5.41, 5.74) is 1.53. The van der Waals surface area contributed by atoms with Crippen LogP contribution in [0.25, 0.3) is 0 Å². The van der Waals surface area contributed by atoms with Gasteiger partial charge in [0.25, 0.3) is 0 Å². The molecule has 18 heavy (non-hydrogen) atoms. The summed E-state index contributed by atoms with van der Waals surface area (Å²) in [7, 11) is -3.24. The minimum absolute atomic E-state index is 0.524. The fourth-order valence-electron chi connectivity index (χ4n) is 2.27. The van der Waals surface area contributed by atoms with E-state index < -0.39 is 10.0 Å². The molecule has 0 radical (unpaired) electrons. The molecule has 0 spiro atoms. The maximum absolute atomic E-state index is 11.1. The average molecular weight is 269 g/mol. The molecule has 100 valence electrons. The lowest BCUT2D eigenvalue weighted by molar-refractivity contribution is 0.572. The topological polar surface area (TPSA) is 62.3 Å². The van der Waals surface area contributed by atoms with Gasteiger partial charge >= 0.3 is 0 Å². The first kappa shape index (κ1) is 13.1. The van der Waals surface area contributed by atoms with Crippen LogP contribution >= 0.6 is 0 Å². The van der Waals surface area contributed by atoms with E-state index in [1.165, 1.54) is 19.3 Å². The van der Waals surface area contributed by atoms with Crippen LogP contribution in [0.3, 0.4) is 0 Å². The third-order valence-electron chi connectivity index (χ3n) is 3.01. The molecule has 0 unspecified atom stereocenters. The zero-order valence-electron chi connectivity index (χ0n) is 10.8. The van der Waals surface area contributed by atoms with Crippen molar-refractivity contribution < 1.29 is 8.42 Å². The van der Waals surface area contributed by atoms with Crippen LogP contribution < -0.4 is 9.62 Å². The quantitative estimate of drug-likeness (QED) is 0.908. The van der Waals surface area contributed by atoms with Gasteiger partial charge in [-0.3, -0.25) is 4.72 Å². The lowest BCUT2D eigenvalue weighted by atomic mass is 10.1. The highest BCUT2D eigenvalue weighted by atomic mass is 32.2. The average Bonchev–Trinajstić information content (AvgIpc) is 2.28. The molecule has 0 saturated carbocycles. The Morgan fingerprint density at radius 3 is 2.50 bits per heavy atom. The Kier molecular flexibility index (Phi) is 3.75. The van der Waals surface area contributed by atoms with Crippen LogP contribution in [0, 0.1) is 6.92 Å². The van der Waals surface area contributed by atoms with E-state index in [-0.39, 0.29) is 0 Å². The van der Waals surface area contributed by atoms with E-state index in [9.17, 15) is 8.42 Å². The molecule has 1 N–H and O–H groups in total. The van der Waals surface area contributed by atoms with E-state index in [2.05, 4.69) is 14.6 Å². The molecule has 1 aliphatic rings. The van der Waals surface area contributed by atoms with E-state index in [1.54, 1.807) is 6.20 Å². The van der Waals surface area contributed by atoms with Gasteiger partial charge in [-0.15, -0.1) is 0 Å². The number of aromatic nitrogens is 1. The van der Waals surface area contributed by atoms with Crippen molar-refractivity contribution in [1.82, 2.24) is 4.98 Å². The number of hydrogen-bond acceptors (Lipinski definition) is 4. The first-order valence-electron chi connectivity index (χ1n) is 6.15. The van der Waals surface area contributed by atoms with E-state index >= 15 is 0 Å². The lowest BCUT2D eigenvalue weighted by Gasteiger charge is -2.29. The first-order valence-corrected chi connectivity index (χ1v) is 8.04. The number of nitrogens with one attached hydrogen (secondary N) is 1. The molecule has 1 aliphatic heterocycles. The van der Waals surface area contributed by atoms with Crippen molar-refractivity contribution in [3.63, 3.8) is 0 Å². The highest BCUT2D eigenvalue weighted by Gasteiger charge is 2.14. The molecule has 2 heterocycles. The maximum Gasteiger partial charge on any atom is 0.229 e. The Labute approximate surface area is 108 Å². The largest absolute Gasteiger partial charge is 0.356 e. The number of piperidine rings is 1. The molecule has 0 amide bonds. The summed E-state index contributed by atoms with van der Waals surface area (Å²) in [4.78, 5) is 6.65. The highest BCUT2D eigenvalue weighted by Crippen LogP contribution is 2.23. The fourth-order valence-corrected chi connectivity index (χ4v) is 2.81. The van der Waals surface area contributed by atoms with Gasteiger partial charge in [0.05, 0.1) is 18.1 Å². The molecule has 0 atom stereocenters. The summed E-state index contributed by atoms with van der Waals surface area (Å²) < 4.78 is 24.7. The Hall–Kier alpha value is -1.30. The smallest absolute Gasteiger partial charge is 0.229 e. The maximum atomic E-state index is 11.1. The monoisotopic (exact) mass is 269 g/mol. The van der Waals surface area contributed by atoms with Crippen molar-refractivity contribution in [3.8, 4) is 0 Å². The number of aryl methyl sites for hydroxylation is 1. The van der Waals surface area contributed by atoms with Gasteiger partial charge in [0.2, 0.25) is 10.0 Å². The third kappa shape index (κ3) is 3.35. The van der Waals surface area contributed by atoms with Crippen molar-refractivity contribution in [3.05, 3.63) is 17.8 Å². The van der Waals surface area contributed by atoms with Crippen molar-refractivity contribution >= 4 is 21.5 Å². The van der Waals surface area contributed by atoms with Gasteiger partial charge in [0.1, 0.15) is 5.82 Å². The van der Waals surface area contributed by atoms with Crippen LogP contribution in [-0.2, 0) is 10.0 Å². The van der Waals surface area contributed by atoms with Crippen molar-refractivity contribution in [2.45, 2.75) is 26.2 Å². The summed E-state index contributed by atoms with van der Waals surface area (Å²) in [5, 5.41) is 0. The van der Waals surface area contributed by atoms with Gasteiger partial charge in [-0.05, 0) is 37.8 Å². The zero-order valence-corrected chi connectivity index (χ0v) is 11.6. The Morgan fingerprint density at radius 1 is 1.28 bits per heavy atom. The number of hydrogen-bond donors (Lipinski definition) is 1. The first-order chi connectivity index (χ1) is 8.46. The van der Waals surface area contributed by atoms with E-state index in [0.29, 0.717) is 5.69 Å². The van der Waals surface area contributed by atoms with Crippen LogP contribution in [0.15, 0.2) is 12.3 Å². The highest BCUT2D eigenvalue weighted by molar-refractivity contribution is 7.92. The van der Waals surface area contributed by atoms with Gasteiger partial charge < -0.3 is 4.90 Å². The number of rotatable bonds is 3. The second-order valence-corrected chi connectivity index (χ2v) is 6.53. The Bertz CT molecular complexity index is 522. The number of anilines is 2. The molecule has 1 fully saturated rings. The predicted octanol–water partition coefficient (Wildman–Crippen LogP) is 1.75. The molecule has 1 saturated heterocycles. The molecule has 2 rings (SSSR count). The lowest BCUT2D eigenvalue weighted by Crippen LogP contribution is -2.30. The molecule has 5 nitrogen and oxygen atoms in total. The summed E-state index contributed by atoms with van der Waals surface area (Å²) in [6, 6.07) is 1.83. The molecule has 1 aromatic rings. The molecule has 0 aliphatic carbocycles. The fraction of sp³-hybridized carbons (Fsp3) is 0.583. The van der Waals surface area contributed by atoms with E-state index in [1.807, 2.05) is 13.0 Å². The number of nitrogens with zero attached hydrogens (tertiary/aromatic N) is 2. The van der Waals surface area contributed by atoms with Gasteiger partial charge in [-0.1, -0.05) is 0 Å². The molecule has 1 aromatic heterocycles. The van der Waals surface area contributed by atoms with Crippen LogP contribution in [0.4, 0.5) is 11.5 Å². The molecular formula is C12H19N3O2S. The summed E-state index contributed by atoms with van der Waals surface area (Å²) in [6.07, 6.45) is 6.40. The third-order valence-corrected chi connectivity index (χ3v) is 3.62. The van der Waals surface area contributed by atoms with E-state index in [4.69, 9.17) is 0 Å². The van der Waals surface area contributed by atoms with Crippen LogP contribution in [0.2, 0.25) is 0 Å². The second kappa shape index (κ2) is 5.14. The Balaban J connectivity index is 2.19. The zero-order chi connectivity index (χ0) is 13.2. The van der Waals surface area contributed by atoms with Gasteiger partial charge in [0, 0.05) is 13.1 Å². The van der Waals surface area contributed by atoms with Gasteiger partial charge in [-0.25, -0.2) is 13.4 Å². The summed E-state index contributed by atoms with van der Waals surface area (Å²) >= 11 is 0. The molecule has 0 aromatic carbocycles. The molecule has 6 heteroatoms. The van der Waals surface area contributed by atoms with Gasteiger partial charge in [-0.2, -0.15) is 0 Å². The molecule has 0 bridgehead atoms. The summed E-state index contributed by atoms with van der Waals surface area (Å²) in [5.74, 6) is 0.966. The standard InChI is InChI=1S/C12H19N3O2S/c1-10-8-11(14-18(2,16)17)9-13-12(10)15-6-4-3-5-7-15/h8-9,14H,3-7H2,1-2H3. The normalized spacial score (nSPS) is 16.7. The summed E-state index contributed by atoms with van der Waals surface area (Å²) in [6.45, 7) is 4.03. The van der Waals surface area contributed by atoms with Crippen molar-refractivity contribution in [1.29, 1.82) is 0 Å². The SMILES string of the molecule is Cc1cc(NS(C)(=O)=O)cnc1N1CCCCC1. The minimum Gasteiger partial charge on any atom is -0.356 e.